The third-order valence-corrected chi connectivity index (χ3v) is 5.31. The van der Waals surface area contributed by atoms with Crippen LogP contribution in [0.25, 0.3) is 28.0 Å². The lowest BCUT2D eigenvalue weighted by Crippen LogP contribution is -2.16. The van der Waals surface area contributed by atoms with Crippen molar-refractivity contribution in [3.05, 3.63) is 93.8 Å². The zero-order valence-corrected chi connectivity index (χ0v) is 18.2. The maximum Gasteiger partial charge on any atom is 0.269 e. The summed E-state index contributed by atoms with van der Waals surface area (Å²) in [6.07, 6.45) is 0. The molecule has 5 rings (SSSR count). The maximum atomic E-state index is 13.5. The lowest BCUT2D eigenvalue weighted by molar-refractivity contribution is -0.384. The molecule has 10 heteroatoms. The van der Waals surface area contributed by atoms with Gasteiger partial charge in [-0.2, -0.15) is 5.10 Å². The largest absolute Gasteiger partial charge is 0.335 e. The average Bonchev–Trinajstić information content (AvgIpc) is 3.41. The van der Waals surface area contributed by atoms with Gasteiger partial charge in [-0.15, -0.1) is 0 Å². The van der Waals surface area contributed by atoms with E-state index >= 15 is 0 Å². The molecule has 3 heterocycles. The van der Waals surface area contributed by atoms with Crippen LogP contribution < -0.4 is 5.32 Å². The van der Waals surface area contributed by atoms with Crippen molar-refractivity contribution in [1.29, 1.82) is 0 Å². The molecule has 0 atom stereocenters. The van der Waals surface area contributed by atoms with Crippen molar-refractivity contribution in [3.63, 3.8) is 0 Å². The van der Waals surface area contributed by atoms with Crippen LogP contribution in [-0.4, -0.2) is 30.8 Å². The second kappa shape index (κ2) is 8.24. The highest BCUT2D eigenvalue weighted by atomic mass is 16.6. The van der Waals surface area contributed by atoms with Gasteiger partial charge in [0.1, 0.15) is 5.82 Å². The summed E-state index contributed by atoms with van der Waals surface area (Å²) in [4.78, 5) is 28.5. The van der Waals surface area contributed by atoms with E-state index in [1.165, 1.54) is 16.8 Å². The van der Waals surface area contributed by atoms with Crippen molar-refractivity contribution in [2.75, 3.05) is 5.32 Å². The Labute approximate surface area is 193 Å². The third-order valence-electron chi connectivity index (χ3n) is 5.31. The van der Waals surface area contributed by atoms with Gasteiger partial charge in [-0.3, -0.25) is 14.9 Å². The number of anilines is 1. The summed E-state index contributed by atoms with van der Waals surface area (Å²) in [7, 11) is 0. The van der Waals surface area contributed by atoms with Gasteiger partial charge < -0.3 is 9.84 Å². The van der Waals surface area contributed by atoms with E-state index in [2.05, 4.69) is 20.6 Å². The molecule has 3 aromatic heterocycles. The number of aryl methyl sites for hydroxylation is 2. The highest BCUT2D eigenvalue weighted by Crippen LogP contribution is 2.28. The molecular weight excluding hydrogens is 436 g/mol. The van der Waals surface area contributed by atoms with Crippen LogP contribution in [0.15, 0.2) is 71.3 Å². The first kappa shape index (κ1) is 21.0. The predicted molar refractivity (Wildman–Crippen MR) is 125 cm³/mol. The Morgan fingerprint density at radius 1 is 1.06 bits per heavy atom. The Hall–Kier alpha value is -4.86. The first-order valence-electron chi connectivity index (χ1n) is 10.4. The number of carbonyl (C=O) groups excluding carboxylic acids is 1. The lowest BCUT2D eigenvalue weighted by atomic mass is 10.1. The number of hydrogen-bond acceptors (Lipinski definition) is 7. The molecule has 0 aliphatic heterocycles. The fourth-order valence-corrected chi connectivity index (χ4v) is 3.72. The van der Waals surface area contributed by atoms with Crippen molar-refractivity contribution in [2.24, 2.45) is 0 Å². The molecule has 0 fully saturated rings. The standard InChI is InChI=1S/C24H18N6O4/c1-14-12-21(29(27-14)17-8-10-18(11-9-17)30(32)33)26-23(31)19-13-20(16-6-4-3-5-7-16)25-24-22(19)15(2)28-34-24/h3-13H,1-2H3,(H,26,31). The second-order valence-corrected chi connectivity index (χ2v) is 7.68. The van der Waals surface area contributed by atoms with Gasteiger partial charge in [-0.25, -0.2) is 9.67 Å². The van der Waals surface area contributed by atoms with Crippen LogP contribution in [0.2, 0.25) is 0 Å². The van der Waals surface area contributed by atoms with E-state index in [1.54, 1.807) is 38.1 Å². The summed E-state index contributed by atoms with van der Waals surface area (Å²) in [5.74, 6) is 0.0237. The fourth-order valence-electron chi connectivity index (χ4n) is 3.72. The van der Waals surface area contributed by atoms with Crippen molar-refractivity contribution < 1.29 is 14.2 Å². The minimum absolute atomic E-state index is 0.0336. The minimum Gasteiger partial charge on any atom is -0.335 e. The fraction of sp³-hybridized carbons (Fsp3) is 0.0833. The Morgan fingerprint density at radius 3 is 2.50 bits per heavy atom. The van der Waals surface area contributed by atoms with E-state index in [-0.39, 0.29) is 17.3 Å². The summed E-state index contributed by atoms with van der Waals surface area (Å²) in [6, 6.07) is 18.8. The van der Waals surface area contributed by atoms with Crippen LogP contribution in [-0.2, 0) is 0 Å². The van der Waals surface area contributed by atoms with Crippen molar-refractivity contribution >= 4 is 28.5 Å². The Bertz CT molecular complexity index is 1540. The molecule has 0 spiro atoms. The van der Waals surface area contributed by atoms with E-state index in [9.17, 15) is 14.9 Å². The molecule has 5 aromatic rings. The number of nitro groups is 1. The molecule has 0 aliphatic rings. The number of nitro benzene ring substituents is 1. The van der Waals surface area contributed by atoms with Crippen molar-refractivity contribution in [3.8, 4) is 16.9 Å². The number of nitrogens with zero attached hydrogens (tertiary/aromatic N) is 5. The smallest absolute Gasteiger partial charge is 0.269 e. The van der Waals surface area contributed by atoms with Crippen LogP contribution in [0.5, 0.6) is 0 Å². The first-order chi connectivity index (χ1) is 16.4. The monoisotopic (exact) mass is 454 g/mol. The predicted octanol–water partition coefficient (Wildman–Crippen LogP) is 4.85. The number of aromatic nitrogens is 4. The number of rotatable bonds is 5. The van der Waals surface area contributed by atoms with E-state index < -0.39 is 4.92 Å². The van der Waals surface area contributed by atoms with E-state index in [0.717, 1.165) is 5.56 Å². The highest BCUT2D eigenvalue weighted by molar-refractivity contribution is 6.12. The van der Waals surface area contributed by atoms with Crippen molar-refractivity contribution in [2.45, 2.75) is 13.8 Å². The zero-order valence-electron chi connectivity index (χ0n) is 18.2. The quantitative estimate of drug-likeness (QED) is 0.297. The zero-order chi connectivity index (χ0) is 23.8. The molecule has 168 valence electrons. The maximum absolute atomic E-state index is 13.5. The van der Waals surface area contributed by atoms with Crippen LogP contribution in [0, 0.1) is 24.0 Å². The number of non-ortho nitro benzene ring substituents is 1. The molecule has 10 nitrogen and oxygen atoms in total. The van der Waals surface area contributed by atoms with Crippen LogP contribution in [0.3, 0.4) is 0 Å². The summed E-state index contributed by atoms with van der Waals surface area (Å²) in [5.41, 5.74) is 3.79. The van der Waals surface area contributed by atoms with Gasteiger partial charge in [-0.1, -0.05) is 35.5 Å². The number of carbonyl (C=O) groups is 1. The summed E-state index contributed by atoms with van der Waals surface area (Å²) < 4.78 is 6.89. The number of amides is 1. The number of nitrogens with one attached hydrogen (secondary N) is 1. The third kappa shape index (κ3) is 3.77. The normalized spacial score (nSPS) is 11.0. The Morgan fingerprint density at radius 2 is 1.79 bits per heavy atom. The van der Waals surface area contributed by atoms with Gasteiger partial charge in [0, 0.05) is 23.8 Å². The summed E-state index contributed by atoms with van der Waals surface area (Å²) in [6.45, 7) is 3.54. The topological polar surface area (TPSA) is 129 Å². The average molecular weight is 454 g/mol. The molecule has 0 bridgehead atoms. The molecule has 2 aromatic carbocycles. The minimum atomic E-state index is -0.471. The molecule has 0 unspecified atom stereocenters. The van der Waals surface area contributed by atoms with Gasteiger partial charge in [0.2, 0.25) is 0 Å². The van der Waals surface area contributed by atoms with Crippen LogP contribution in [0.4, 0.5) is 11.5 Å². The van der Waals surface area contributed by atoms with Gasteiger partial charge in [0.15, 0.2) is 0 Å². The Kier molecular flexibility index (Phi) is 5.09. The summed E-state index contributed by atoms with van der Waals surface area (Å²) >= 11 is 0. The molecule has 0 saturated carbocycles. The highest BCUT2D eigenvalue weighted by Gasteiger charge is 2.21. The van der Waals surface area contributed by atoms with E-state index in [0.29, 0.717) is 39.5 Å². The lowest BCUT2D eigenvalue weighted by Gasteiger charge is -2.10. The van der Waals surface area contributed by atoms with E-state index in [1.807, 2.05) is 30.3 Å². The van der Waals surface area contributed by atoms with Gasteiger partial charge in [0.05, 0.1) is 38.6 Å². The number of benzene rings is 2. The number of fused-ring (bicyclic) bond motifs is 1. The van der Waals surface area contributed by atoms with Gasteiger partial charge in [0.25, 0.3) is 17.3 Å². The van der Waals surface area contributed by atoms with Gasteiger partial charge in [-0.05, 0) is 32.0 Å². The number of pyridine rings is 1. The second-order valence-electron chi connectivity index (χ2n) is 7.68. The van der Waals surface area contributed by atoms with Gasteiger partial charge >= 0.3 is 0 Å². The molecule has 1 amide bonds. The van der Waals surface area contributed by atoms with Crippen LogP contribution in [0.1, 0.15) is 21.7 Å². The molecule has 34 heavy (non-hydrogen) atoms. The van der Waals surface area contributed by atoms with Crippen LogP contribution >= 0.6 is 0 Å². The first-order valence-corrected chi connectivity index (χ1v) is 10.4. The SMILES string of the molecule is Cc1cc(NC(=O)c2cc(-c3ccccc3)nc3onc(C)c23)n(-c2ccc([N+](=O)[O-])cc2)n1. The number of hydrogen-bond donors (Lipinski definition) is 1. The van der Waals surface area contributed by atoms with E-state index in [4.69, 9.17) is 4.52 Å². The molecule has 0 saturated heterocycles. The molecular formula is C24H18N6O4. The molecule has 1 N–H and O–H groups in total. The van der Waals surface area contributed by atoms with Crippen molar-refractivity contribution in [1.82, 2.24) is 19.9 Å². The summed E-state index contributed by atoms with van der Waals surface area (Å²) in [5, 5.41) is 22.8. The molecule has 0 aliphatic carbocycles. The molecule has 0 radical (unpaired) electrons. The Balaban J connectivity index is 1.55.